The van der Waals surface area contributed by atoms with Crippen LogP contribution in [0.5, 0.6) is 0 Å². The van der Waals surface area contributed by atoms with Crippen LogP contribution in [0.25, 0.3) is 0 Å². The van der Waals surface area contributed by atoms with Crippen molar-refractivity contribution in [3.63, 3.8) is 0 Å². The van der Waals surface area contributed by atoms with Gasteiger partial charge in [0.2, 0.25) is 6.43 Å². The smallest absolute Gasteiger partial charge is 0.243 e. The fourth-order valence-electron chi connectivity index (χ4n) is 0.0797. The van der Waals surface area contributed by atoms with Gasteiger partial charge < -0.3 is 5.11 Å². The highest BCUT2D eigenvalue weighted by atomic mass is 19.3. The van der Waals surface area contributed by atoms with Crippen LogP contribution in [0.15, 0.2) is 0 Å². The second kappa shape index (κ2) is 2.91. The minimum atomic E-state index is -2.38. The van der Waals surface area contributed by atoms with Crippen LogP contribution in [-0.4, -0.2) is 18.1 Å². The Morgan fingerprint density at radius 1 is 1.57 bits per heavy atom. The molecule has 44 valence electrons. The molecule has 0 rings (SSSR count). The Hall–Kier alpha value is -0.180. The molecule has 0 heterocycles. The molecule has 0 fully saturated rings. The van der Waals surface area contributed by atoms with E-state index in [1.54, 1.807) is 0 Å². The van der Waals surface area contributed by atoms with Gasteiger partial charge in [0.25, 0.3) is 0 Å². The number of rotatable bonds is 2. The molecule has 1 N–H and O–H groups in total. The molecule has 0 aromatic carbocycles. The summed E-state index contributed by atoms with van der Waals surface area (Å²) in [6.07, 6.45) is -2.38. The van der Waals surface area contributed by atoms with E-state index in [-0.39, 0.29) is 0 Å². The van der Waals surface area contributed by atoms with E-state index < -0.39 is 19.0 Å². The van der Waals surface area contributed by atoms with Crippen LogP contribution in [0.3, 0.4) is 0 Å². The van der Waals surface area contributed by atoms with Gasteiger partial charge >= 0.3 is 0 Å². The maximum Gasteiger partial charge on any atom is 0.243 e. The molecule has 0 bridgehead atoms. The van der Waals surface area contributed by atoms with Gasteiger partial charge in [-0.2, -0.15) is 0 Å². The summed E-state index contributed by atoms with van der Waals surface area (Å²) in [7, 11) is 0. The Morgan fingerprint density at radius 3 is 2.00 bits per heavy atom. The number of alkyl halides is 2. The molecule has 0 spiro atoms. The van der Waals surface area contributed by atoms with Gasteiger partial charge in [0, 0.05) is 5.92 Å². The fourth-order valence-corrected chi connectivity index (χ4v) is 0.0797. The molecule has 0 aliphatic carbocycles. The van der Waals surface area contributed by atoms with Crippen molar-refractivity contribution in [1.82, 2.24) is 0 Å². The summed E-state index contributed by atoms with van der Waals surface area (Å²) in [6, 6.07) is 0. The Labute approximate surface area is 41.0 Å². The number of hydrogen-bond donors (Lipinski definition) is 1. The van der Waals surface area contributed by atoms with Crippen LogP contribution < -0.4 is 0 Å². The van der Waals surface area contributed by atoms with E-state index >= 15 is 0 Å². The Balaban J connectivity index is 3.14. The molecule has 0 aliphatic heterocycles. The number of hydrogen-bond acceptors (Lipinski definition) is 1. The molecule has 0 amide bonds. The summed E-state index contributed by atoms with van der Waals surface area (Å²) in [4.78, 5) is 0. The summed E-state index contributed by atoms with van der Waals surface area (Å²) in [5.41, 5.74) is 0. The van der Waals surface area contributed by atoms with Crippen molar-refractivity contribution < 1.29 is 13.9 Å². The van der Waals surface area contributed by atoms with Gasteiger partial charge in [-0.3, -0.25) is 0 Å². The van der Waals surface area contributed by atoms with E-state index in [1.807, 2.05) is 0 Å². The predicted octanol–water partition coefficient (Wildman–Crippen LogP) is 0.880. The van der Waals surface area contributed by atoms with Crippen molar-refractivity contribution in [3.05, 3.63) is 0 Å². The maximum atomic E-state index is 11.3. The molecular weight excluding hydrogens is 102 g/mol. The molecule has 0 unspecified atom stereocenters. The van der Waals surface area contributed by atoms with E-state index in [0.29, 0.717) is 0 Å². The van der Waals surface area contributed by atoms with Crippen LogP contribution in [0.2, 0.25) is 0 Å². The first-order valence-electron chi connectivity index (χ1n) is 2.07. The molecule has 0 saturated carbocycles. The standard InChI is InChI=1S/C4H8F2O/c1-3(2-7)4(5)6/h3-4,7H,2H2,1H3/t3-/m0/s1. The van der Waals surface area contributed by atoms with Gasteiger partial charge in [0.15, 0.2) is 0 Å². The number of aliphatic hydroxyl groups excluding tert-OH is 1. The zero-order valence-electron chi connectivity index (χ0n) is 4.06. The van der Waals surface area contributed by atoms with Crippen LogP contribution in [0.4, 0.5) is 8.78 Å². The van der Waals surface area contributed by atoms with E-state index in [4.69, 9.17) is 5.11 Å². The van der Waals surface area contributed by atoms with Crippen molar-refractivity contribution in [1.29, 1.82) is 0 Å². The molecule has 0 radical (unpaired) electrons. The lowest BCUT2D eigenvalue weighted by molar-refractivity contribution is 0.0515. The average Bonchev–Trinajstić information content (AvgIpc) is 1.65. The zero-order valence-corrected chi connectivity index (χ0v) is 4.06. The summed E-state index contributed by atoms with van der Waals surface area (Å²) in [6.45, 7) is 0.863. The van der Waals surface area contributed by atoms with Crippen molar-refractivity contribution in [2.45, 2.75) is 13.3 Å². The van der Waals surface area contributed by atoms with Crippen molar-refractivity contribution >= 4 is 0 Å². The lowest BCUT2D eigenvalue weighted by Gasteiger charge is -2.02. The van der Waals surface area contributed by atoms with E-state index in [1.165, 1.54) is 6.92 Å². The SMILES string of the molecule is C[C@@H](CO)C(F)F. The monoisotopic (exact) mass is 110 g/mol. The Kier molecular flexibility index (Phi) is 2.83. The molecule has 0 aromatic rings. The summed E-state index contributed by atoms with van der Waals surface area (Å²) < 4.78 is 22.5. The largest absolute Gasteiger partial charge is 0.396 e. The van der Waals surface area contributed by atoms with E-state index in [0.717, 1.165) is 0 Å². The summed E-state index contributed by atoms with van der Waals surface area (Å²) in [5, 5.41) is 8.03. The molecule has 3 heteroatoms. The zero-order chi connectivity index (χ0) is 5.86. The van der Waals surface area contributed by atoms with Gasteiger partial charge in [0.1, 0.15) is 0 Å². The number of halogens is 2. The highest BCUT2D eigenvalue weighted by Crippen LogP contribution is 2.05. The Bertz CT molecular complexity index is 47.0. The molecule has 1 atom stereocenters. The molecule has 0 saturated heterocycles. The second-order valence-corrected chi connectivity index (χ2v) is 1.49. The van der Waals surface area contributed by atoms with E-state index in [9.17, 15) is 8.78 Å². The highest BCUT2D eigenvalue weighted by molar-refractivity contribution is 4.49. The lowest BCUT2D eigenvalue weighted by atomic mass is 10.2. The normalized spacial score (nSPS) is 15.0. The van der Waals surface area contributed by atoms with Gasteiger partial charge in [-0.1, -0.05) is 6.92 Å². The molecule has 0 aromatic heterocycles. The van der Waals surface area contributed by atoms with Gasteiger partial charge in [-0.25, -0.2) is 8.78 Å². The van der Waals surface area contributed by atoms with Gasteiger partial charge in [-0.15, -0.1) is 0 Å². The molecule has 1 nitrogen and oxygen atoms in total. The van der Waals surface area contributed by atoms with Crippen LogP contribution >= 0.6 is 0 Å². The van der Waals surface area contributed by atoms with Crippen molar-refractivity contribution in [2.24, 2.45) is 5.92 Å². The third-order valence-corrected chi connectivity index (χ3v) is 0.718. The van der Waals surface area contributed by atoms with Crippen molar-refractivity contribution in [3.8, 4) is 0 Å². The van der Waals surface area contributed by atoms with Gasteiger partial charge in [0.05, 0.1) is 6.61 Å². The summed E-state index contributed by atoms with van der Waals surface area (Å²) >= 11 is 0. The minimum Gasteiger partial charge on any atom is -0.396 e. The quantitative estimate of drug-likeness (QED) is 0.559. The minimum absolute atomic E-state index is 0.433. The summed E-state index contributed by atoms with van der Waals surface area (Å²) in [5.74, 6) is -0.875. The van der Waals surface area contributed by atoms with Crippen molar-refractivity contribution in [2.75, 3.05) is 6.61 Å². The second-order valence-electron chi connectivity index (χ2n) is 1.49. The van der Waals surface area contributed by atoms with Crippen LogP contribution in [0.1, 0.15) is 6.92 Å². The molecular formula is C4H8F2O. The average molecular weight is 110 g/mol. The van der Waals surface area contributed by atoms with E-state index in [2.05, 4.69) is 0 Å². The van der Waals surface area contributed by atoms with Crippen LogP contribution in [-0.2, 0) is 0 Å². The van der Waals surface area contributed by atoms with Gasteiger partial charge in [-0.05, 0) is 0 Å². The third-order valence-electron chi connectivity index (χ3n) is 0.718. The first-order chi connectivity index (χ1) is 3.18. The first kappa shape index (κ1) is 6.82. The Morgan fingerprint density at radius 2 is 2.00 bits per heavy atom. The third kappa shape index (κ3) is 2.51. The predicted molar refractivity (Wildman–Crippen MR) is 22.3 cm³/mol. The maximum absolute atomic E-state index is 11.3. The lowest BCUT2D eigenvalue weighted by Crippen LogP contribution is -2.10. The molecule has 0 aliphatic rings. The molecule has 7 heavy (non-hydrogen) atoms. The number of aliphatic hydroxyl groups is 1. The van der Waals surface area contributed by atoms with Crippen LogP contribution in [0, 0.1) is 5.92 Å². The fraction of sp³-hybridized carbons (Fsp3) is 1.00. The highest BCUT2D eigenvalue weighted by Gasteiger charge is 2.11. The first-order valence-corrected chi connectivity index (χ1v) is 2.07. The topological polar surface area (TPSA) is 20.2 Å².